The van der Waals surface area contributed by atoms with Crippen molar-refractivity contribution in [3.05, 3.63) is 35.6 Å². The van der Waals surface area contributed by atoms with Gasteiger partial charge in [-0.2, -0.15) is 0 Å². The first-order valence-electron chi connectivity index (χ1n) is 5.93. The summed E-state index contributed by atoms with van der Waals surface area (Å²) in [6.45, 7) is 1.33. The van der Waals surface area contributed by atoms with Gasteiger partial charge in [-0.3, -0.25) is 4.79 Å². The van der Waals surface area contributed by atoms with E-state index >= 15 is 0 Å². The van der Waals surface area contributed by atoms with Gasteiger partial charge in [0.2, 0.25) is 5.91 Å². The first kappa shape index (κ1) is 12.0. The molecule has 1 aromatic rings. The van der Waals surface area contributed by atoms with Crippen LogP contribution in [0.3, 0.4) is 0 Å². The molecule has 1 heterocycles. The van der Waals surface area contributed by atoms with Crippen LogP contribution in [-0.4, -0.2) is 29.9 Å². The van der Waals surface area contributed by atoms with Crippen LogP contribution in [0.2, 0.25) is 0 Å². The van der Waals surface area contributed by atoms with Gasteiger partial charge >= 0.3 is 0 Å². The Balaban J connectivity index is 1.99. The van der Waals surface area contributed by atoms with Gasteiger partial charge in [0.15, 0.2) is 0 Å². The van der Waals surface area contributed by atoms with Crippen LogP contribution in [-0.2, 0) is 11.2 Å². The third kappa shape index (κ3) is 3.03. The number of carbonyl (C=O) groups excluding carboxylic acids is 1. The van der Waals surface area contributed by atoms with Crippen LogP contribution >= 0.6 is 0 Å². The fourth-order valence-electron chi connectivity index (χ4n) is 2.15. The van der Waals surface area contributed by atoms with Crippen molar-refractivity contribution < 1.29 is 9.18 Å². The maximum atomic E-state index is 13.4. The number of amides is 1. The van der Waals surface area contributed by atoms with Crippen molar-refractivity contribution >= 4 is 5.91 Å². The zero-order valence-corrected chi connectivity index (χ0v) is 9.73. The third-order valence-corrected chi connectivity index (χ3v) is 3.11. The van der Waals surface area contributed by atoms with Crippen molar-refractivity contribution in [3.8, 4) is 0 Å². The Kier molecular flexibility index (Phi) is 3.74. The van der Waals surface area contributed by atoms with E-state index in [1.165, 1.54) is 6.07 Å². The zero-order valence-electron chi connectivity index (χ0n) is 9.73. The van der Waals surface area contributed by atoms with Gasteiger partial charge in [-0.25, -0.2) is 4.39 Å². The summed E-state index contributed by atoms with van der Waals surface area (Å²) in [5.41, 5.74) is 6.27. The van der Waals surface area contributed by atoms with E-state index in [2.05, 4.69) is 0 Å². The zero-order chi connectivity index (χ0) is 12.3. The van der Waals surface area contributed by atoms with Gasteiger partial charge < -0.3 is 10.6 Å². The average Bonchev–Trinajstić information content (AvgIpc) is 2.32. The van der Waals surface area contributed by atoms with Crippen LogP contribution in [0.15, 0.2) is 24.3 Å². The lowest BCUT2D eigenvalue weighted by molar-refractivity contribution is -0.131. The molecule has 92 valence electrons. The van der Waals surface area contributed by atoms with Crippen molar-refractivity contribution in [1.82, 2.24) is 4.90 Å². The highest BCUT2D eigenvalue weighted by Gasteiger charge is 2.21. The molecule has 1 aliphatic rings. The summed E-state index contributed by atoms with van der Waals surface area (Å²) >= 11 is 0. The normalized spacial score (nSPS) is 20.4. The van der Waals surface area contributed by atoms with Crippen LogP contribution < -0.4 is 5.73 Å². The Morgan fingerprint density at radius 3 is 2.94 bits per heavy atom. The van der Waals surface area contributed by atoms with E-state index in [9.17, 15) is 9.18 Å². The highest BCUT2D eigenvalue weighted by Crippen LogP contribution is 2.12. The smallest absolute Gasteiger partial charge is 0.227 e. The third-order valence-electron chi connectivity index (χ3n) is 3.11. The van der Waals surface area contributed by atoms with Crippen molar-refractivity contribution in [3.63, 3.8) is 0 Å². The molecule has 0 saturated carbocycles. The van der Waals surface area contributed by atoms with Gasteiger partial charge in [0.05, 0.1) is 6.42 Å². The molecule has 1 atom stereocenters. The van der Waals surface area contributed by atoms with Crippen molar-refractivity contribution in [2.75, 3.05) is 13.1 Å². The molecular weight excluding hydrogens is 219 g/mol. The van der Waals surface area contributed by atoms with E-state index in [1.54, 1.807) is 23.1 Å². The van der Waals surface area contributed by atoms with Gasteiger partial charge in [0, 0.05) is 19.1 Å². The highest BCUT2D eigenvalue weighted by molar-refractivity contribution is 5.79. The molecule has 2 N–H and O–H groups in total. The number of benzene rings is 1. The summed E-state index contributed by atoms with van der Waals surface area (Å²) in [6.07, 6.45) is 2.02. The molecule has 1 aromatic carbocycles. The molecule has 1 saturated heterocycles. The van der Waals surface area contributed by atoms with Crippen molar-refractivity contribution in [2.24, 2.45) is 5.73 Å². The van der Waals surface area contributed by atoms with E-state index in [-0.39, 0.29) is 24.2 Å². The molecule has 2 rings (SSSR count). The molecule has 4 heteroatoms. The topological polar surface area (TPSA) is 46.3 Å². The van der Waals surface area contributed by atoms with E-state index < -0.39 is 0 Å². The summed E-state index contributed by atoms with van der Waals surface area (Å²) in [4.78, 5) is 13.7. The number of hydrogen-bond donors (Lipinski definition) is 1. The van der Waals surface area contributed by atoms with Crippen molar-refractivity contribution in [1.29, 1.82) is 0 Å². The minimum Gasteiger partial charge on any atom is -0.341 e. The summed E-state index contributed by atoms with van der Waals surface area (Å²) < 4.78 is 13.4. The number of likely N-dealkylation sites (tertiary alicyclic amines) is 1. The Morgan fingerprint density at radius 1 is 1.47 bits per heavy atom. The monoisotopic (exact) mass is 236 g/mol. The molecular formula is C13H17FN2O. The Hall–Kier alpha value is -1.42. The van der Waals surface area contributed by atoms with Gasteiger partial charge in [0.1, 0.15) is 5.82 Å². The second-order valence-corrected chi connectivity index (χ2v) is 4.51. The number of nitrogens with zero attached hydrogens (tertiary/aromatic N) is 1. The number of nitrogens with two attached hydrogens (primary N) is 1. The van der Waals surface area contributed by atoms with Gasteiger partial charge in [0.25, 0.3) is 0 Å². The van der Waals surface area contributed by atoms with E-state index in [4.69, 9.17) is 5.73 Å². The lowest BCUT2D eigenvalue weighted by Crippen LogP contribution is -2.46. The second-order valence-electron chi connectivity index (χ2n) is 4.51. The van der Waals surface area contributed by atoms with Crippen LogP contribution in [0.1, 0.15) is 18.4 Å². The lowest BCUT2D eigenvalue weighted by Gasteiger charge is -2.30. The van der Waals surface area contributed by atoms with Crippen LogP contribution in [0.5, 0.6) is 0 Å². The SMILES string of the molecule is N[C@@H]1CCCN(C(=O)Cc2ccccc2F)C1. The van der Waals surface area contributed by atoms with Crippen LogP contribution in [0.25, 0.3) is 0 Å². The molecule has 0 unspecified atom stereocenters. The van der Waals surface area contributed by atoms with Gasteiger partial charge in [-0.1, -0.05) is 18.2 Å². The first-order valence-corrected chi connectivity index (χ1v) is 5.93. The number of carbonyl (C=O) groups is 1. The summed E-state index contributed by atoms with van der Waals surface area (Å²) in [5, 5.41) is 0. The standard InChI is InChI=1S/C13H17FN2O/c14-12-6-2-1-4-10(12)8-13(17)16-7-3-5-11(15)9-16/h1-2,4,6,11H,3,5,7-9,15H2/t11-/m1/s1. The number of halogens is 1. The first-order chi connectivity index (χ1) is 8.16. The molecule has 0 bridgehead atoms. The molecule has 1 fully saturated rings. The minimum atomic E-state index is -0.317. The maximum Gasteiger partial charge on any atom is 0.227 e. The Bertz CT molecular complexity index is 408. The van der Waals surface area contributed by atoms with E-state index in [1.807, 2.05) is 0 Å². The second kappa shape index (κ2) is 5.27. The van der Waals surface area contributed by atoms with Gasteiger partial charge in [-0.05, 0) is 24.5 Å². The lowest BCUT2D eigenvalue weighted by atomic mass is 10.0. The predicted molar refractivity (Wildman–Crippen MR) is 63.9 cm³/mol. The largest absolute Gasteiger partial charge is 0.341 e. The van der Waals surface area contributed by atoms with Crippen LogP contribution in [0.4, 0.5) is 4.39 Å². The van der Waals surface area contributed by atoms with Crippen LogP contribution in [0, 0.1) is 5.82 Å². The molecule has 3 nitrogen and oxygen atoms in total. The summed E-state index contributed by atoms with van der Waals surface area (Å²) in [6, 6.07) is 6.46. The Morgan fingerprint density at radius 2 is 2.24 bits per heavy atom. The summed E-state index contributed by atoms with van der Waals surface area (Å²) in [5.74, 6) is -0.354. The average molecular weight is 236 g/mol. The predicted octanol–water partition coefficient (Wildman–Crippen LogP) is 1.32. The molecule has 1 amide bonds. The molecule has 0 aromatic heterocycles. The van der Waals surface area contributed by atoms with E-state index in [0.29, 0.717) is 12.1 Å². The molecule has 0 radical (unpaired) electrons. The number of piperidine rings is 1. The molecule has 1 aliphatic heterocycles. The highest BCUT2D eigenvalue weighted by atomic mass is 19.1. The minimum absolute atomic E-state index is 0.0368. The number of hydrogen-bond acceptors (Lipinski definition) is 2. The maximum absolute atomic E-state index is 13.4. The van der Waals surface area contributed by atoms with E-state index in [0.717, 1.165) is 19.4 Å². The Labute approximate surface area is 100 Å². The molecule has 17 heavy (non-hydrogen) atoms. The number of rotatable bonds is 2. The summed E-state index contributed by atoms with van der Waals surface area (Å²) in [7, 11) is 0. The fourth-order valence-corrected chi connectivity index (χ4v) is 2.15. The van der Waals surface area contributed by atoms with Crippen molar-refractivity contribution in [2.45, 2.75) is 25.3 Å². The fraction of sp³-hybridized carbons (Fsp3) is 0.462. The quantitative estimate of drug-likeness (QED) is 0.841. The van der Waals surface area contributed by atoms with Gasteiger partial charge in [-0.15, -0.1) is 0 Å². The molecule has 0 aliphatic carbocycles. The molecule has 0 spiro atoms.